The number of alkyl halides is 9. The van der Waals surface area contributed by atoms with Gasteiger partial charge < -0.3 is 5.11 Å². The summed E-state index contributed by atoms with van der Waals surface area (Å²) >= 11 is 0. The highest BCUT2D eigenvalue weighted by Crippen LogP contribution is 2.62. The van der Waals surface area contributed by atoms with Gasteiger partial charge in [-0.1, -0.05) is 0 Å². The zero-order chi connectivity index (χ0) is 17.4. The molecule has 0 aromatic heterocycles. The van der Waals surface area contributed by atoms with Crippen molar-refractivity contribution < 1.29 is 58.2 Å². The Bertz CT molecular complexity index is 399. The zero-order valence-electron chi connectivity index (χ0n) is 9.22. The van der Waals surface area contributed by atoms with Gasteiger partial charge in [-0.05, 0) is 0 Å². The van der Waals surface area contributed by atoms with Crippen LogP contribution in [0.1, 0.15) is 6.42 Å². The van der Waals surface area contributed by atoms with E-state index >= 15 is 0 Å². The molecule has 0 radical (unpaired) electrons. The third kappa shape index (κ3) is 3.37. The van der Waals surface area contributed by atoms with Crippen molar-refractivity contribution in [3.8, 4) is 0 Å². The number of hydrogen-bond acceptors (Lipinski definition) is 1. The maximum Gasteiger partial charge on any atom is 0.412 e. The third-order valence-corrected chi connectivity index (χ3v) is 2.38. The Kier molecular flexibility index (Phi) is 4.93. The van der Waals surface area contributed by atoms with Gasteiger partial charge in [-0.15, -0.1) is 0 Å². The zero-order valence-corrected chi connectivity index (χ0v) is 9.22. The first kappa shape index (κ1) is 19.4. The first-order valence-electron chi connectivity index (χ1n) is 4.46. The second kappa shape index (κ2) is 5.33. The molecule has 0 saturated heterocycles. The molecule has 13 heteroatoms. The number of carbonyl (C=O) groups is 1. The average molecular weight is 340 g/mol. The Labute approximate surface area is 107 Å². The highest BCUT2D eigenvalue weighted by molar-refractivity contribution is 5.87. The fraction of sp³-hybridized carbons (Fsp3) is 0.625. The van der Waals surface area contributed by atoms with E-state index in [1.165, 1.54) is 0 Å². The molecule has 124 valence electrons. The molecule has 0 aromatic rings. The smallest absolute Gasteiger partial charge is 0.412 e. The van der Waals surface area contributed by atoms with Crippen molar-refractivity contribution in [3.05, 3.63) is 11.7 Å². The maximum atomic E-state index is 12.4. The molecule has 1 N–H and O–H groups in total. The molecular formula is C8H3F11O2. The molecular weight excluding hydrogens is 337 g/mol. The lowest BCUT2D eigenvalue weighted by molar-refractivity contribution is -0.426. The Morgan fingerprint density at radius 1 is 0.762 bits per heavy atom. The topological polar surface area (TPSA) is 37.3 Å². The van der Waals surface area contributed by atoms with Crippen LogP contribution in [0, 0.1) is 5.41 Å². The number of halogens is 11. The average Bonchev–Trinajstić information content (AvgIpc) is 2.09. The van der Waals surface area contributed by atoms with E-state index in [4.69, 9.17) is 5.11 Å². The highest BCUT2D eigenvalue weighted by atomic mass is 19.4. The van der Waals surface area contributed by atoms with Crippen molar-refractivity contribution in [1.82, 2.24) is 0 Å². The SMILES string of the molecule is O=C(O)C(CC(C(F)(F)F)(C(F)(F)F)C(F)(F)F)=C(F)F. The highest BCUT2D eigenvalue weighted by Gasteiger charge is 2.83. The van der Waals surface area contributed by atoms with Crippen LogP contribution in [0.25, 0.3) is 0 Å². The van der Waals surface area contributed by atoms with Gasteiger partial charge in [0.25, 0.3) is 11.5 Å². The van der Waals surface area contributed by atoms with Gasteiger partial charge in [0.2, 0.25) is 0 Å². The van der Waals surface area contributed by atoms with E-state index in [2.05, 4.69) is 0 Å². The maximum absolute atomic E-state index is 12.4. The van der Waals surface area contributed by atoms with Crippen molar-refractivity contribution in [1.29, 1.82) is 0 Å². The van der Waals surface area contributed by atoms with Crippen molar-refractivity contribution in [2.24, 2.45) is 5.41 Å². The Balaban J connectivity index is 6.47. The number of carboxylic acids is 1. The van der Waals surface area contributed by atoms with E-state index in [9.17, 15) is 53.1 Å². The van der Waals surface area contributed by atoms with Crippen LogP contribution in [0.3, 0.4) is 0 Å². The minimum absolute atomic E-state index is 2.93. The standard InChI is InChI=1S/C8H3F11O2/c9-3(10)2(4(20)21)1-5(6(11,12)13,7(14,15)16)8(17,18)19/h1H2,(H,20,21). The van der Waals surface area contributed by atoms with Crippen molar-refractivity contribution in [2.45, 2.75) is 24.9 Å². The van der Waals surface area contributed by atoms with Crippen LogP contribution in [-0.4, -0.2) is 29.6 Å². The van der Waals surface area contributed by atoms with Gasteiger partial charge in [0.15, 0.2) is 0 Å². The van der Waals surface area contributed by atoms with Gasteiger partial charge in [-0.3, -0.25) is 0 Å². The molecule has 0 fully saturated rings. The summed E-state index contributed by atoms with van der Waals surface area (Å²) in [6.45, 7) is 0. The predicted octanol–water partition coefficient (Wildman–Crippen LogP) is 4.29. The first-order valence-corrected chi connectivity index (χ1v) is 4.46. The minimum atomic E-state index is -7.10. The van der Waals surface area contributed by atoms with Gasteiger partial charge in [0.1, 0.15) is 5.57 Å². The van der Waals surface area contributed by atoms with Crippen molar-refractivity contribution >= 4 is 5.97 Å². The molecule has 0 aliphatic carbocycles. The van der Waals surface area contributed by atoms with E-state index in [1.807, 2.05) is 0 Å². The van der Waals surface area contributed by atoms with E-state index in [0.29, 0.717) is 0 Å². The lowest BCUT2D eigenvalue weighted by Gasteiger charge is -2.38. The number of rotatable bonds is 3. The lowest BCUT2D eigenvalue weighted by Crippen LogP contribution is -2.60. The van der Waals surface area contributed by atoms with Gasteiger partial charge in [0.05, 0.1) is 0 Å². The van der Waals surface area contributed by atoms with Crippen LogP contribution < -0.4 is 0 Å². The number of hydrogen-bond donors (Lipinski definition) is 1. The summed E-state index contributed by atoms with van der Waals surface area (Å²) < 4.78 is 135. The molecule has 0 amide bonds. The van der Waals surface area contributed by atoms with Gasteiger partial charge in [-0.25, -0.2) is 4.79 Å². The van der Waals surface area contributed by atoms with Crippen molar-refractivity contribution in [3.63, 3.8) is 0 Å². The molecule has 2 nitrogen and oxygen atoms in total. The van der Waals surface area contributed by atoms with Crippen LogP contribution in [0.5, 0.6) is 0 Å². The molecule has 0 saturated carbocycles. The van der Waals surface area contributed by atoms with Crippen LogP contribution >= 0.6 is 0 Å². The molecule has 0 rings (SSSR count). The quantitative estimate of drug-likeness (QED) is 0.615. The first-order chi connectivity index (χ1) is 8.99. The second-order valence-corrected chi connectivity index (χ2v) is 3.62. The van der Waals surface area contributed by atoms with Crippen LogP contribution in [-0.2, 0) is 4.79 Å². The fourth-order valence-electron chi connectivity index (χ4n) is 1.27. The Morgan fingerprint density at radius 3 is 1.19 bits per heavy atom. The number of aliphatic carboxylic acids is 1. The molecule has 0 heterocycles. The number of carboxylic acid groups (broad SMARTS) is 1. The van der Waals surface area contributed by atoms with Crippen LogP contribution in [0.4, 0.5) is 48.3 Å². The summed E-state index contributed by atoms with van der Waals surface area (Å²) in [7, 11) is 0. The Hall–Kier alpha value is -1.56. The van der Waals surface area contributed by atoms with Crippen LogP contribution in [0.15, 0.2) is 11.7 Å². The summed E-state index contributed by atoms with van der Waals surface area (Å²) in [6.07, 6.45) is -28.4. The summed E-state index contributed by atoms with van der Waals surface area (Å²) in [4.78, 5) is 10.2. The molecule has 0 aliphatic rings. The van der Waals surface area contributed by atoms with Crippen LogP contribution in [0.2, 0.25) is 0 Å². The third-order valence-electron chi connectivity index (χ3n) is 2.38. The van der Waals surface area contributed by atoms with E-state index < -0.39 is 48.0 Å². The normalized spacial score (nSPS) is 14.0. The fourth-order valence-corrected chi connectivity index (χ4v) is 1.27. The van der Waals surface area contributed by atoms with E-state index in [0.717, 1.165) is 0 Å². The Morgan fingerprint density at radius 2 is 1.05 bits per heavy atom. The van der Waals surface area contributed by atoms with Gasteiger partial charge in [-0.2, -0.15) is 48.3 Å². The molecule has 0 aromatic carbocycles. The molecule has 21 heavy (non-hydrogen) atoms. The predicted molar refractivity (Wildman–Crippen MR) is 42.1 cm³/mol. The summed E-state index contributed by atoms with van der Waals surface area (Å²) in [5.74, 6) is -3.03. The minimum Gasteiger partial charge on any atom is -0.478 e. The summed E-state index contributed by atoms with van der Waals surface area (Å²) in [6, 6.07) is 0. The lowest BCUT2D eigenvalue weighted by atomic mass is 9.79. The molecule has 0 bridgehead atoms. The molecule has 0 spiro atoms. The molecule has 0 unspecified atom stereocenters. The van der Waals surface area contributed by atoms with Crippen molar-refractivity contribution in [2.75, 3.05) is 0 Å². The molecule has 0 aliphatic heterocycles. The summed E-state index contributed by atoms with van der Waals surface area (Å²) in [5, 5.41) is 8.06. The monoisotopic (exact) mass is 340 g/mol. The van der Waals surface area contributed by atoms with Gasteiger partial charge in [0, 0.05) is 6.42 Å². The van der Waals surface area contributed by atoms with Gasteiger partial charge >= 0.3 is 24.5 Å². The largest absolute Gasteiger partial charge is 0.478 e. The second-order valence-electron chi connectivity index (χ2n) is 3.62. The summed E-state index contributed by atoms with van der Waals surface area (Å²) in [5.41, 5.74) is -9.55. The van der Waals surface area contributed by atoms with E-state index in [-0.39, 0.29) is 0 Å². The van der Waals surface area contributed by atoms with E-state index in [1.54, 1.807) is 0 Å². The molecule has 0 atom stereocenters.